The van der Waals surface area contributed by atoms with Gasteiger partial charge in [0.05, 0.1) is 23.1 Å². The molecule has 0 aliphatic rings. The van der Waals surface area contributed by atoms with Gasteiger partial charge in [0.25, 0.3) is 0 Å². The first kappa shape index (κ1) is 22.1. The average molecular weight is 485 g/mol. The number of nitrogens with zero attached hydrogens (tertiary/aromatic N) is 6. The van der Waals surface area contributed by atoms with Crippen LogP contribution in [0.3, 0.4) is 0 Å². The van der Waals surface area contributed by atoms with Crippen molar-refractivity contribution in [2.45, 2.75) is 0 Å². The molecule has 9 nitrogen and oxygen atoms in total. The fourth-order valence-electron chi connectivity index (χ4n) is 3.95. The molecule has 178 valence electrons. The van der Waals surface area contributed by atoms with Crippen molar-refractivity contribution in [1.29, 1.82) is 0 Å². The Bertz CT molecular complexity index is 1690. The lowest BCUT2D eigenvalue weighted by Gasteiger charge is -2.12. The van der Waals surface area contributed by atoms with Crippen LogP contribution in [-0.4, -0.2) is 30.1 Å². The SMILES string of the molecule is Nc1nccc(-c2cccnc2Oc2ccc(Nc3nnc(-c4ccccc4)c4ccccc34)cn2)n1. The second-order valence-corrected chi connectivity index (χ2v) is 8.08. The Morgan fingerprint density at radius 3 is 2.35 bits per heavy atom. The molecule has 0 aliphatic carbocycles. The molecule has 6 aromatic rings. The number of hydrogen-bond donors (Lipinski definition) is 2. The van der Waals surface area contributed by atoms with Crippen molar-refractivity contribution >= 4 is 28.2 Å². The van der Waals surface area contributed by atoms with Crippen LogP contribution in [0.25, 0.3) is 33.3 Å². The van der Waals surface area contributed by atoms with E-state index in [-0.39, 0.29) is 5.95 Å². The molecular formula is C28H20N8O. The summed E-state index contributed by atoms with van der Waals surface area (Å²) in [5.74, 6) is 1.55. The van der Waals surface area contributed by atoms with E-state index in [0.717, 1.165) is 27.7 Å². The largest absolute Gasteiger partial charge is 0.420 e. The topological polar surface area (TPSA) is 125 Å². The number of anilines is 3. The van der Waals surface area contributed by atoms with Crippen molar-refractivity contribution in [3.63, 3.8) is 0 Å². The van der Waals surface area contributed by atoms with Gasteiger partial charge in [-0.1, -0.05) is 54.6 Å². The fourth-order valence-corrected chi connectivity index (χ4v) is 3.95. The van der Waals surface area contributed by atoms with E-state index < -0.39 is 0 Å². The minimum absolute atomic E-state index is 0.174. The monoisotopic (exact) mass is 484 g/mol. The maximum atomic E-state index is 5.96. The third kappa shape index (κ3) is 4.61. The number of aromatic nitrogens is 6. The van der Waals surface area contributed by atoms with Crippen molar-refractivity contribution in [3.8, 4) is 34.3 Å². The average Bonchev–Trinajstić information content (AvgIpc) is 2.95. The van der Waals surface area contributed by atoms with E-state index in [2.05, 4.69) is 35.5 Å². The first-order chi connectivity index (χ1) is 18.2. The van der Waals surface area contributed by atoms with Gasteiger partial charge in [-0.15, -0.1) is 10.2 Å². The van der Waals surface area contributed by atoms with Crippen LogP contribution in [0.4, 0.5) is 17.5 Å². The maximum absolute atomic E-state index is 5.96. The van der Waals surface area contributed by atoms with Crippen LogP contribution in [0.1, 0.15) is 0 Å². The van der Waals surface area contributed by atoms with Crippen LogP contribution >= 0.6 is 0 Å². The smallest absolute Gasteiger partial charge is 0.230 e. The van der Waals surface area contributed by atoms with Crippen molar-refractivity contribution in [1.82, 2.24) is 30.1 Å². The molecule has 0 atom stereocenters. The Morgan fingerprint density at radius 2 is 1.54 bits per heavy atom. The Kier molecular flexibility index (Phi) is 5.76. The molecule has 0 spiro atoms. The van der Waals surface area contributed by atoms with Crippen LogP contribution in [0, 0.1) is 0 Å². The first-order valence-corrected chi connectivity index (χ1v) is 11.5. The zero-order valence-electron chi connectivity index (χ0n) is 19.5. The van der Waals surface area contributed by atoms with Crippen LogP contribution < -0.4 is 15.8 Å². The van der Waals surface area contributed by atoms with Crippen molar-refractivity contribution in [2.24, 2.45) is 0 Å². The predicted octanol–water partition coefficient (Wildman–Crippen LogP) is 5.66. The van der Waals surface area contributed by atoms with Crippen LogP contribution in [0.2, 0.25) is 0 Å². The van der Waals surface area contributed by atoms with Gasteiger partial charge in [0.15, 0.2) is 5.82 Å². The van der Waals surface area contributed by atoms with Crippen molar-refractivity contribution < 1.29 is 4.74 Å². The molecule has 9 heteroatoms. The zero-order chi connectivity index (χ0) is 25.0. The number of nitrogens with two attached hydrogens (primary N) is 1. The Hall–Kier alpha value is -5.44. The van der Waals surface area contributed by atoms with E-state index in [1.807, 2.05) is 66.7 Å². The van der Waals surface area contributed by atoms with Gasteiger partial charge in [0.2, 0.25) is 17.7 Å². The molecule has 0 saturated carbocycles. The molecule has 0 radical (unpaired) electrons. The van der Waals surface area contributed by atoms with E-state index in [0.29, 0.717) is 28.8 Å². The van der Waals surface area contributed by atoms with E-state index in [1.54, 1.807) is 36.8 Å². The zero-order valence-corrected chi connectivity index (χ0v) is 19.5. The fraction of sp³-hybridized carbons (Fsp3) is 0. The van der Waals surface area contributed by atoms with Crippen LogP contribution in [-0.2, 0) is 0 Å². The van der Waals surface area contributed by atoms with Gasteiger partial charge in [0.1, 0.15) is 5.69 Å². The number of pyridine rings is 2. The molecule has 0 fully saturated rings. The molecule has 3 N–H and O–H groups in total. The van der Waals surface area contributed by atoms with Gasteiger partial charge in [0, 0.05) is 34.8 Å². The molecular weight excluding hydrogens is 464 g/mol. The Labute approximate surface area is 212 Å². The lowest BCUT2D eigenvalue weighted by atomic mass is 10.0. The number of hydrogen-bond acceptors (Lipinski definition) is 9. The van der Waals surface area contributed by atoms with Gasteiger partial charge in [-0.25, -0.2) is 19.9 Å². The number of ether oxygens (including phenoxy) is 1. The lowest BCUT2D eigenvalue weighted by molar-refractivity contribution is 0.446. The molecule has 4 aromatic heterocycles. The third-order valence-electron chi connectivity index (χ3n) is 5.66. The van der Waals surface area contributed by atoms with Crippen molar-refractivity contribution in [3.05, 3.63) is 104 Å². The maximum Gasteiger partial charge on any atom is 0.230 e. The Morgan fingerprint density at radius 1 is 0.703 bits per heavy atom. The molecule has 6 rings (SSSR count). The van der Waals surface area contributed by atoms with Crippen LogP contribution in [0.15, 0.2) is 104 Å². The molecule has 2 aromatic carbocycles. The highest BCUT2D eigenvalue weighted by molar-refractivity contribution is 6.00. The van der Waals surface area contributed by atoms with Gasteiger partial charge >= 0.3 is 0 Å². The molecule has 0 saturated heterocycles. The van der Waals surface area contributed by atoms with Gasteiger partial charge in [-0.05, 0) is 24.3 Å². The van der Waals surface area contributed by atoms with Gasteiger partial charge in [-0.3, -0.25) is 0 Å². The summed E-state index contributed by atoms with van der Waals surface area (Å²) in [4.78, 5) is 17.0. The normalized spacial score (nSPS) is 10.8. The minimum atomic E-state index is 0.174. The summed E-state index contributed by atoms with van der Waals surface area (Å²) in [6.07, 6.45) is 4.90. The third-order valence-corrected chi connectivity index (χ3v) is 5.66. The summed E-state index contributed by atoms with van der Waals surface area (Å²) in [5.41, 5.74) is 9.62. The molecule has 0 amide bonds. The summed E-state index contributed by atoms with van der Waals surface area (Å²) in [7, 11) is 0. The summed E-state index contributed by atoms with van der Waals surface area (Å²) in [6.45, 7) is 0. The summed E-state index contributed by atoms with van der Waals surface area (Å²) in [6, 6.07) is 27.1. The van der Waals surface area contributed by atoms with E-state index in [4.69, 9.17) is 10.5 Å². The quantitative estimate of drug-likeness (QED) is 0.308. The number of nitrogen functional groups attached to an aromatic ring is 1. The predicted molar refractivity (Wildman–Crippen MR) is 142 cm³/mol. The van der Waals surface area contributed by atoms with E-state index in [9.17, 15) is 0 Å². The molecule has 0 aliphatic heterocycles. The second kappa shape index (κ2) is 9.67. The highest BCUT2D eigenvalue weighted by atomic mass is 16.5. The number of fused-ring (bicyclic) bond motifs is 1. The summed E-state index contributed by atoms with van der Waals surface area (Å²) < 4.78 is 5.96. The summed E-state index contributed by atoms with van der Waals surface area (Å²) >= 11 is 0. The lowest BCUT2D eigenvalue weighted by Crippen LogP contribution is -2.00. The molecule has 0 bridgehead atoms. The van der Waals surface area contributed by atoms with Crippen LogP contribution in [0.5, 0.6) is 11.8 Å². The highest BCUT2D eigenvalue weighted by Crippen LogP contribution is 2.32. The van der Waals surface area contributed by atoms with Gasteiger partial charge < -0.3 is 15.8 Å². The molecule has 0 unspecified atom stereocenters. The minimum Gasteiger partial charge on any atom is -0.420 e. The second-order valence-electron chi connectivity index (χ2n) is 8.08. The van der Waals surface area contributed by atoms with E-state index >= 15 is 0 Å². The standard InChI is InChI=1S/C28H20N8O/c29-28-31-16-14-23(34-28)22-11-6-15-30-27(22)37-24-13-12-19(17-32-24)33-26-21-10-5-4-9-20(21)25(35-36-26)18-7-2-1-3-8-18/h1-17H,(H,33,36)(H2,29,31,34). The van der Waals surface area contributed by atoms with Gasteiger partial charge in [-0.2, -0.15) is 0 Å². The first-order valence-electron chi connectivity index (χ1n) is 11.5. The molecule has 37 heavy (non-hydrogen) atoms. The Balaban J connectivity index is 1.26. The van der Waals surface area contributed by atoms with E-state index in [1.165, 1.54) is 0 Å². The highest BCUT2D eigenvalue weighted by Gasteiger charge is 2.13. The number of rotatable bonds is 6. The number of benzene rings is 2. The number of nitrogens with one attached hydrogen (secondary N) is 1. The summed E-state index contributed by atoms with van der Waals surface area (Å²) in [5, 5.41) is 14.3. The molecule has 4 heterocycles. The van der Waals surface area contributed by atoms with Crippen molar-refractivity contribution in [2.75, 3.05) is 11.1 Å².